The van der Waals surface area contributed by atoms with Gasteiger partial charge in [-0.25, -0.2) is 0 Å². The normalized spacial score (nSPS) is 15.7. The number of halogens is 1. The maximum absolute atomic E-state index is 13.1. The first-order chi connectivity index (χ1) is 13.0. The molecule has 3 aromatic rings. The van der Waals surface area contributed by atoms with E-state index in [0.717, 1.165) is 27.9 Å². The van der Waals surface area contributed by atoms with E-state index in [-0.39, 0.29) is 12.1 Å². The predicted octanol–water partition coefficient (Wildman–Crippen LogP) is 5.72. The number of aryl methyl sites for hydroxylation is 2. The summed E-state index contributed by atoms with van der Waals surface area (Å²) in [7, 11) is 0. The molecule has 0 saturated carbocycles. The van der Waals surface area contributed by atoms with Crippen molar-refractivity contribution in [3.05, 3.63) is 99.6 Å². The van der Waals surface area contributed by atoms with Crippen LogP contribution in [0, 0.1) is 13.8 Å². The summed E-state index contributed by atoms with van der Waals surface area (Å²) in [6.45, 7) is 4.60. The van der Waals surface area contributed by atoms with E-state index in [1.807, 2.05) is 53.4 Å². The number of rotatable bonds is 4. The molecule has 0 fully saturated rings. The summed E-state index contributed by atoms with van der Waals surface area (Å²) in [4.78, 5) is 15.0. The van der Waals surface area contributed by atoms with E-state index in [9.17, 15) is 4.79 Å². The van der Waals surface area contributed by atoms with Crippen LogP contribution in [0.4, 0.5) is 5.69 Å². The number of nitrogens with zero attached hydrogens (tertiary/aromatic N) is 1. The van der Waals surface area contributed by atoms with Gasteiger partial charge in [-0.3, -0.25) is 4.79 Å². The molecular formula is C23H21ClN2O. The van der Waals surface area contributed by atoms with Gasteiger partial charge in [0.25, 0.3) is 5.91 Å². The number of carbonyl (C=O) groups excluding carboxylic acids is 1. The van der Waals surface area contributed by atoms with Gasteiger partial charge in [-0.2, -0.15) is 0 Å². The molecule has 1 aliphatic rings. The first kappa shape index (κ1) is 17.6. The minimum absolute atomic E-state index is 0.0216. The summed E-state index contributed by atoms with van der Waals surface area (Å²) in [6.07, 6.45) is -0.231. The molecule has 0 aromatic heterocycles. The van der Waals surface area contributed by atoms with Crippen LogP contribution in [0.15, 0.2) is 66.7 Å². The van der Waals surface area contributed by atoms with Crippen molar-refractivity contribution in [2.45, 2.75) is 26.6 Å². The highest BCUT2D eigenvalue weighted by Gasteiger charge is 2.36. The standard InChI is InChI=1S/C23H21ClN2O/c1-15-11-12-16(2)21(13-15)25-22-18-8-4-5-9-19(18)23(27)26(22)14-17-7-3-6-10-20(17)24/h3-13,22,25H,14H2,1-2H3/t22-/m1/s1. The van der Waals surface area contributed by atoms with E-state index in [0.29, 0.717) is 11.6 Å². The fraction of sp³-hybridized carbons (Fsp3) is 0.174. The second-order valence-electron chi connectivity index (χ2n) is 6.98. The summed E-state index contributed by atoms with van der Waals surface area (Å²) in [5, 5.41) is 4.26. The number of nitrogens with one attached hydrogen (secondary N) is 1. The van der Waals surface area contributed by atoms with Crippen molar-refractivity contribution < 1.29 is 4.79 Å². The maximum atomic E-state index is 13.1. The number of benzene rings is 3. The number of carbonyl (C=O) groups is 1. The highest BCUT2D eigenvalue weighted by molar-refractivity contribution is 6.31. The van der Waals surface area contributed by atoms with Crippen LogP contribution >= 0.6 is 11.6 Å². The molecule has 1 amide bonds. The molecule has 0 saturated heterocycles. The monoisotopic (exact) mass is 376 g/mol. The van der Waals surface area contributed by atoms with Gasteiger partial charge in [-0.05, 0) is 48.7 Å². The van der Waals surface area contributed by atoms with Gasteiger partial charge in [0.15, 0.2) is 0 Å². The van der Waals surface area contributed by atoms with Crippen molar-refractivity contribution in [2.75, 3.05) is 5.32 Å². The third-order valence-corrected chi connectivity index (χ3v) is 5.41. The fourth-order valence-electron chi connectivity index (χ4n) is 3.54. The van der Waals surface area contributed by atoms with Crippen molar-refractivity contribution >= 4 is 23.2 Å². The van der Waals surface area contributed by atoms with E-state index in [1.165, 1.54) is 5.56 Å². The zero-order valence-electron chi connectivity index (χ0n) is 15.4. The van der Waals surface area contributed by atoms with Crippen molar-refractivity contribution in [3.63, 3.8) is 0 Å². The first-order valence-electron chi connectivity index (χ1n) is 9.01. The second kappa shape index (κ2) is 7.09. The van der Waals surface area contributed by atoms with Gasteiger partial charge in [0.2, 0.25) is 0 Å². The third-order valence-electron chi connectivity index (χ3n) is 5.04. The Morgan fingerprint density at radius 2 is 1.74 bits per heavy atom. The number of amides is 1. The van der Waals surface area contributed by atoms with Crippen LogP contribution in [-0.4, -0.2) is 10.8 Å². The predicted molar refractivity (Wildman–Crippen MR) is 110 cm³/mol. The molecule has 136 valence electrons. The van der Waals surface area contributed by atoms with Crippen molar-refractivity contribution in [1.29, 1.82) is 0 Å². The molecule has 0 bridgehead atoms. The van der Waals surface area contributed by atoms with Gasteiger partial charge in [-0.15, -0.1) is 0 Å². The molecule has 1 atom stereocenters. The van der Waals surface area contributed by atoms with Gasteiger partial charge in [-0.1, -0.05) is 60.1 Å². The van der Waals surface area contributed by atoms with Crippen LogP contribution in [0.3, 0.4) is 0 Å². The molecule has 27 heavy (non-hydrogen) atoms. The van der Waals surface area contributed by atoms with Crippen molar-refractivity contribution in [2.24, 2.45) is 0 Å². The average Bonchev–Trinajstić information content (AvgIpc) is 2.92. The first-order valence-corrected chi connectivity index (χ1v) is 9.39. The Morgan fingerprint density at radius 3 is 2.56 bits per heavy atom. The van der Waals surface area contributed by atoms with E-state index >= 15 is 0 Å². The molecule has 3 aromatic carbocycles. The molecule has 0 unspecified atom stereocenters. The lowest BCUT2D eigenvalue weighted by Crippen LogP contribution is -2.32. The molecule has 1 heterocycles. The highest BCUT2D eigenvalue weighted by atomic mass is 35.5. The second-order valence-corrected chi connectivity index (χ2v) is 7.38. The smallest absolute Gasteiger partial charge is 0.256 e. The molecular weight excluding hydrogens is 356 g/mol. The molecule has 1 aliphatic heterocycles. The average molecular weight is 377 g/mol. The maximum Gasteiger partial charge on any atom is 0.256 e. The van der Waals surface area contributed by atoms with Gasteiger partial charge in [0, 0.05) is 28.4 Å². The largest absolute Gasteiger partial charge is 0.361 e. The lowest BCUT2D eigenvalue weighted by atomic mass is 10.1. The quantitative estimate of drug-likeness (QED) is 0.631. The summed E-state index contributed by atoms with van der Waals surface area (Å²) in [5.41, 5.74) is 6.04. The number of anilines is 1. The van der Waals surface area contributed by atoms with Crippen LogP contribution in [0.5, 0.6) is 0 Å². The lowest BCUT2D eigenvalue weighted by molar-refractivity contribution is 0.0729. The van der Waals surface area contributed by atoms with Gasteiger partial charge < -0.3 is 10.2 Å². The molecule has 0 spiro atoms. The Labute approximate surface area is 164 Å². The molecule has 4 heteroatoms. The van der Waals surface area contributed by atoms with Gasteiger partial charge in [0.05, 0.1) is 0 Å². The summed E-state index contributed by atoms with van der Waals surface area (Å²) in [6, 6.07) is 21.8. The molecule has 0 radical (unpaired) electrons. The third kappa shape index (κ3) is 3.31. The number of hydrogen-bond donors (Lipinski definition) is 1. The Kier molecular flexibility index (Phi) is 4.63. The SMILES string of the molecule is Cc1ccc(C)c(N[C@H]2c3ccccc3C(=O)N2Cc2ccccc2Cl)c1. The topological polar surface area (TPSA) is 32.3 Å². The van der Waals surface area contributed by atoms with Crippen LogP contribution < -0.4 is 5.32 Å². The van der Waals surface area contributed by atoms with Crippen LogP contribution in [0.2, 0.25) is 5.02 Å². The lowest BCUT2D eigenvalue weighted by Gasteiger charge is -2.28. The summed E-state index contributed by atoms with van der Waals surface area (Å²) < 4.78 is 0. The fourth-order valence-corrected chi connectivity index (χ4v) is 3.73. The van der Waals surface area contributed by atoms with E-state index in [1.54, 1.807) is 0 Å². The Morgan fingerprint density at radius 1 is 1.00 bits per heavy atom. The van der Waals surface area contributed by atoms with Crippen molar-refractivity contribution in [3.8, 4) is 0 Å². The minimum atomic E-state index is -0.231. The zero-order chi connectivity index (χ0) is 19.0. The van der Waals surface area contributed by atoms with Gasteiger partial charge in [0.1, 0.15) is 6.17 Å². The molecule has 3 nitrogen and oxygen atoms in total. The Bertz CT molecular complexity index is 1010. The Hall–Kier alpha value is -2.78. The van der Waals surface area contributed by atoms with Crippen LogP contribution in [0.1, 0.15) is 38.8 Å². The molecule has 0 aliphatic carbocycles. The van der Waals surface area contributed by atoms with Crippen LogP contribution in [0.25, 0.3) is 0 Å². The van der Waals surface area contributed by atoms with E-state index in [4.69, 9.17) is 11.6 Å². The highest BCUT2D eigenvalue weighted by Crippen LogP contribution is 2.37. The van der Waals surface area contributed by atoms with Crippen molar-refractivity contribution in [1.82, 2.24) is 4.90 Å². The van der Waals surface area contributed by atoms with Crippen LogP contribution in [-0.2, 0) is 6.54 Å². The minimum Gasteiger partial charge on any atom is -0.361 e. The van der Waals surface area contributed by atoms with E-state index in [2.05, 4.69) is 37.4 Å². The number of hydrogen-bond acceptors (Lipinski definition) is 2. The molecule has 1 N–H and O–H groups in total. The van der Waals surface area contributed by atoms with Gasteiger partial charge >= 0.3 is 0 Å². The Balaban J connectivity index is 1.74. The zero-order valence-corrected chi connectivity index (χ0v) is 16.1. The van der Waals surface area contributed by atoms with E-state index < -0.39 is 0 Å². The summed E-state index contributed by atoms with van der Waals surface area (Å²) >= 11 is 6.36. The molecule has 4 rings (SSSR count). The number of fused-ring (bicyclic) bond motifs is 1. The summed E-state index contributed by atoms with van der Waals surface area (Å²) in [5.74, 6) is 0.0216.